The Morgan fingerprint density at radius 1 is 0.826 bits per heavy atom. The summed E-state index contributed by atoms with van der Waals surface area (Å²) in [6, 6.07) is 2.03. The molecule has 2 heterocycles. The van der Waals surface area contributed by atoms with Crippen LogP contribution in [0.3, 0.4) is 0 Å². The Morgan fingerprint density at radius 3 is 2.07 bits per heavy atom. The van der Waals surface area contributed by atoms with E-state index in [4.69, 9.17) is 13.9 Å². The van der Waals surface area contributed by atoms with Crippen molar-refractivity contribution in [2.24, 2.45) is 5.92 Å². The summed E-state index contributed by atoms with van der Waals surface area (Å²) in [6.45, 7) is 10.5. The van der Waals surface area contributed by atoms with Gasteiger partial charge in [-0.15, -0.1) is 0 Å². The summed E-state index contributed by atoms with van der Waals surface area (Å²) in [5.74, 6) is 0.207. The number of furan rings is 1. The van der Waals surface area contributed by atoms with Gasteiger partial charge in [-0.05, 0) is 95.8 Å². The first-order valence-corrected chi connectivity index (χ1v) is 18.5. The van der Waals surface area contributed by atoms with Crippen molar-refractivity contribution < 1.29 is 23.5 Å². The predicted molar refractivity (Wildman–Crippen MR) is 190 cm³/mol. The molecule has 46 heavy (non-hydrogen) atoms. The fraction of sp³-hybridized carbons (Fsp3) is 0.659. The average molecular weight is 637 g/mol. The van der Waals surface area contributed by atoms with Gasteiger partial charge in [0.1, 0.15) is 0 Å². The van der Waals surface area contributed by atoms with Crippen LogP contribution in [0.25, 0.3) is 0 Å². The number of allylic oxidation sites excluding steroid dienone is 5. The molecular formula is C41H64O5. The van der Waals surface area contributed by atoms with E-state index in [1.807, 2.05) is 18.4 Å². The topological polar surface area (TPSA) is 65.7 Å². The molecule has 0 aliphatic carbocycles. The van der Waals surface area contributed by atoms with Crippen LogP contribution < -0.4 is 0 Å². The van der Waals surface area contributed by atoms with Gasteiger partial charge < -0.3 is 13.9 Å². The standard InChI is InChI=1S/C41H64O5/c1-6-7-8-9-10-11-12-13-14-15-16-17-18-28-39(42)46-40-36(5)41(43)45-38(40)31-35(4)26-20-24-33(2)22-19-23-34(3)25-21-27-37-29-30-44-32-37/h22,25,29-32,35H,6-21,23-24,26-28H2,1-5H3. The number of rotatable bonds is 26. The van der Waals surface area contributed by atoms with Crippen LogP contribution in [0, 0.1) is 5.92 Å². The quantitative estimate of drug-likeness (QED) is 0.0575. The molecule has 1 atom stereocenters. The van der Waals surface area contributed by atoms with Crippen molar-refractivity contribution in [1.29, 1.82) is 0 Å². The summed E-state index contributed by atoms with van der Waals surface area (Å²) in [7, 11) is 0. The fourth-order valence-electron chi connectivity index (χ4n) is 5.90. The van der Waals surface area contributed by atoms with E-state index in [-0.39, 0.29) is 11.9 Å². The van der Waals surface area contributed by atoms with Crippen LogP contribution in [0.15, 0.2) is 69.5 Å². The lowest BCUT2D eigenvalue weighted by Crippen LogP contribution is -2.06. The molecule has 5 nitrogen and oxygen atoms in total. The van der Waals surface area contributed by atoms with Gasteiger partial charge in [0.15, 0.2) is 11.5 Å². The zero-order valence-corrected chi connectivity index (χ0v) is 29.9. The first-order chi connectivity index (χ1) is 22.3. The Bertz CT molecular complexity index is 1120. The second kappa shape index (κ2) is 24.4. The molecule has 0 saturated carbocycles. The summed E-state index contributed by atoms with van der Waals surface area (Å²) in [5.41, 5.74) is 4.47. The molecule has 0 N–H and O–H groups in total. The molecule has 0 saturated heterocycles. The van der Waals surface area contributed by atoms with Gasteiger partial charge in [-0.2, -0.15) is 0 Å². The molecule has 1 aromatic rings. The van der Waals surface area contributed by atoms with Crippen molar-refractivity contribution in [3.05, 3.63) is 70.6 Å². The van der Waals surface area contributed by atoms with E-state index in [0.29, 0.717) is 23.5 Å². The summed E-state index contributed by atoms with van der Waals surface area (Å²) < 4.78 is 16.3. The van der Waals surface area contributed by atoms with E-state index in [1.165, 1.54) is 80.9 Å². The molecule has 0 radical (unpaired) electrons. The van der Waals surface area contributed by atoms with Gasteiger partial charge in [-0.1, -0.05) is 114 Å². The van der Waals surface area contributed by atoms with Gasteiger partial charge in [-0.25, -0.2) is 4.79 Å². The van der Waals surface area contributed by atoms with Crippen LogP contribution in [0.5, 0.6) is 0 Å². The molecule has 2 rings (SSSR count). The second-order valence-corrected chi connectivity index (χ2v) is 13.5. The largest absolute Gasteiger partial charge is 0.472 e. The molecule has 0 amide bonds. The Balaban J connectivity index is 1.60. The van der Waals surface area contributed by atoms with E-state index < -0.39 is 5.97 Å². The lowest BCUT2D eigenvalue weighted by atomic mass is 9.99. The molecule has 0 spiro atoms. The third kappa shape index (κ3) is 17.8. The van der Waals surface area contributed by atoms with E-state index in [2.05, 4.69) is 39.8 Å². The van der Waals surface area contributed by atoms with Gasteiger partial charge >= 0.3 is 11.9 Å². The van der Waals surface area contributed by atoms with Crippen LogP contribution in [0.4, 0.5) is 0 Å². The van der Waals surface area contributed by atoms with Crippen LogP contribution in [-0.2, 0) is 25.5 Å². The molecule has 1 unspecified atom stereocenters. The van der Waals surface area contributed by atoms with Gasteiger partial charge in [0, 0.05) is 6.42 Å². The molecule has 0 aromatic carbocycles. The minimum Gasteiger partial charge on any atom is -0.472 e. The maximum absolute atomic E-state index is 12.6. The highest BCUT2D eigenvalue weighted by Crippen LogP contribution is 2.30. The highest BCUT2D eigenvalue weighted by molar-refractivity contribution is 5.94. The molecule has 1 aliphatic heterocycles. The predicted octanol–water partition coefficient (Wildman–Crippen LogP) is 12.4. The highest BCUT2D eigenvalue weighted by atomic mass is 16.6. The summed E-state index contributed by atoms with van der Waals surface area (Å²) in [5, 5.41) is 0. The summed E-state index contributed by atoms with van der Waals surface area (Å²) >= 11 is 0. The van der Waals surface area contributed by atoms with E-state index in [1.54, 1.807) is 13.2 Å². The molecule has 0 bridgehead atoms. The van der Waals surface area contributed by atoms with Crippen molar-refractivity contribution in [1.82, 2.24) is 0 Å². The number of unbranched alkanes of at least 4 members (excludes halogenated alkanes) is 12. The number of hydrogen-bond donors (Lipinski definition) is 0. The van der Waals surface area contributed by atoms with Gasteiger partial charge in [0.05, 0.1) is 18.1 Å². The molecule has 258 valence electrons. The van der Waals surface area contributed by atoms with Crippen molar-refractivity contribution >= 4 is 11.9 Å². The molecule has 1 aromatic heterocycles. The van der Waals surface area contributed by atoms with Gasteiger partial charge in [0.2, 0.25) is 0 Å². The lowest BCUT2D eigenvalue weighted by molar-refractivity contribution is -0.140. The van der Waals surface area contributed by atoms with Gasteiger partial charge in [-0.3, -0.25) is 4.79 Å². The highest BCUT2D eigenvalue weighted by Gasteiger charge is 2.30. The van der Waals surface area contributed by atoms with Crippen molar-refractivity contribution in [3.63, 3.8) is 0 Å². The normalized spacial score (nSPS) is 15.6. The third-order valence-electron chi connectivity index (χ3n) is 8.98. The SMILES string of the molecule is CCCCCCCCCCCCCCCC(=O)OC1=C(C)C(=O)OC1=CC(C)CCCC(C)=CCCC(C)=CCCc1ccoc1. The molecular weight excluding hydrogens is 572 g/mol. The van der Waals surface area contributed by atoms with Gasteiger partial charge in [0.25, 0.3) is 0 Å². The first-order valence-electron chi connectivity index (χ1n) is 18.5. The summed E-state index contributed by atoms with van der Waals surface area (Å²) in [6.07, 6.45) is 34.3. The fourth-order valence-corrected chi connectivity index (χ4v) is 5.90. The van der Waals surface area contributed by atoms with Crippen LogP contribution in [-0.4, -0.2) is 11.9 Å². The summed E-state index contributed by atoms with van der Waals surface area (Å²) in [4.78, 5) is 24.9. The van der Waals surface area contributed by atoms with Crippen molar-refractivity contribution in [3.8, 4) is 0 Å². The number of hydrogen-bond acceptors (Lipinski definition) is 5. The number of ether oxygens (including phenoxy) is 2. The maximum atomic E-state index is 12.6. The zero-order chi connectivity index (χ0) is 33.4. The Hall–Kier alpha value is -2.82. The monoisotopic (exact) mass is 636 g/mol. The third-order valence-corrected chi connectivity index (χ3v) is 8.98. The Kier molecular flexibility index (Phi) is 20.8. The van der Waals surface area contributed by atoms with Crippen molar-refractivity contribution in [2.75, 3.05) is 0 Å². The van der Waals surface area contributed by atoms with Crippen LogP contribution in [0.1, 0.15) is 169 Å². The molecule has 0 fully saturated rings. The lowest BCUT2D eigenvalue weighted by Gasteiger charge is -2.11. The van der Waals surface area contributed by atoms with E-state index in [9.17, 15) is 9.59 Å². The van der Waals surface area contributed by atoms with E-state index in [0.717, 1.165) is 64.2 Å². The first kappa shape index (κ1) is 39.4. The Labute approximate surface area is 281 Å². The zero-order valence-electron chi connectivity index (χ0n) is 29.9. The van der Waals surface area contributed by atoms with Crippen LogP contribution in [0.2, 0.25) is 0 Å². The molecule has 5 heteroatoms. The number of cyclic esters (lactones) is 1. The number of esters is 2. The number of carbonyl (C=O) groups excluding carboxylic acids is 2. The second-order valence-electron chi connectivity index (χ2n) is 13.5. The minimum absolute atomic E-state index is 0.205. The minimum atomic E-state index is -0.424. The van der Waals surface area contributed by atoms with Crippen molar-refractivity contribution in [2.45, 2.75) is 169 Å². The van der Waals surface area contributed by atoms with E-state index >= 15 is 0 Å². The maximum Gasteiger partial charge on any atom is 0.343 e. The number of carbonyl (C=O) groups is 2. The smallest absolute Gasteiger partial charge is 0.343 e. The van der Waals surface area contributed by atoms with Crippen LogP contribution >= 0.6 is 0 Å². The Morgan fingerprint density at radius 2 is 1.43 bits per heavy atom. The molecule has 1 aliphatic rings. The average Bonchev–Trinajstić information content (AvgIpc) is 3.63. The number of aryl methyl sites for hydroxylation is 1.